The zero-order valence-corrected chi connectivity index (χ0v) is 22.7. The van der Waals surface area contributed by atoms with E-state index < -0.39 is 15.9 Å². The molecule has 0 saturated heterocycles. The van der Waals surface area contributed by atoms with Gasteiger partial charge in [-0.2, -0.15) is 9.30 Å². The summed E-state index contributed by atoms with van der Waals surface area (Å²) in [5.74, 6) is 3.12. The fraction of sp³-hybridized carbons (Fsp3) is 0.360. The van der Waals surface area contributed by atoms with Crippen LogP contribution in [0.4, 0.5) is 0 Å². The molecular weight excluding hydrogens is 518 g/mol. The van der Waals surface area contributed by atoms with Crippen LogP contribution in [-0.2, 0) is 26.0 Å². The van der Waals surface area contributed by atoms with Crippen LogP contribution in [0.5, 0.6) is 11.5 Å². The molecular formula is C25H29N3O7S2. The summed E-state index contributed by atoms with van der Waals surface area (Å²) in [5.41, 5.74) is 0.986. The Bertz CT molecular complexity index is 1440. The third kappa shape index (κ3) is 6.38. The maximum Gasteiger partial charge on any atom is 0.279 e. The number of terminal acetylenes is 1. The van der Waals surface area contributed by atoms with Crippen LogP contribution in [0.1, 0.15) is 10.4 Å². The Labute approximate surface area is 220 Å². The van der Waals surface area contributed by atoms with Crippen molar-refractivity contribution >= 4 is 37.5 Å². The summed E-state index contributed by atoms with van der Waals surface area (Å²) in [4.78, 5) is 17.7. The number of rotatable bonds is 12. The second-order valence-electron chi connectivity index (χ2n) is 7.68. The molecule has 0 atom stereocenters. The Kier molecular flexibility index (Phi) is 9.85. The number of carbonyl (C=O) groups excluding carboxylic acids is 1. The van der Waals surface area contributed by atoms with Crippen LogP contribution < -0.4 is 14.3 Å². The van der Waals surface area contributed by atoms with Crippen LogP contribution >= 0.6 is 11.3 Å². The number of benzene rings is 2. The van der Waals surface area contributed by atoms with Crippen LogP contribution in [0.3, 0.4) is 0 Å². The van der Waals surface area contributed by atoms with E-state index in [1.807, 2.05) is 0 Å². The van der Waals surface area contributed by atoms with E-state index in [4.69, 9.17) is 25.4 Å². The number of methoxy groups -OCH3 is 4. The minimum Gasteiger partial charge on any atom is -0.493 e. The fourth-order valence-electron chi connectivity index (χ4n) is 3.53. The number of aromatic nitrogens is 1. The van der Waals surface area contributed by atoms with E-state index in [-0.39, 0.29) is 43.3 Å². The molecule has 1 aromatic heterocycles. The molecule has 37 heavy (non-hydrogen) atoms. The number of hydrogen-bond acceptors (Lipinski definition) is 8. The maximum absolute atomic E-state index is 13.1. The lowest BCUT2D eigenvalue weighted by Gasteiger charge is -2.21. The molecule has 0 unspecified atom stereocenters. The normalized spacial score (nSPS) is 12.2. The lowest BCUT2D eigenvalue weighted by Crippen LogP contribution is -2.36. The number of thiazole rings is 1. The van der Waals surface area contributed by atoms with Crippen molar-refractivity contribution in [2.75, 3.05) is 54.7 Å². The monoisotopic (exact) mass is 547 g/mol. The van der Waals surface area contributed by atoms with E-state index >= 15 is 0 Å². The molecule has 0 aliphatic heterocycles. The summed E-state index contributed by atoms with van der Waals surface area (Å²) in [6.07, 6.45) is 5.57. The molecule has 10 nitrogen and oxygen atoms in total. The highest BCUT2D eigenvalue weighted by atomic mass is 32.2. The lowest BCUT2D eigenvalue weighted by molar-refractivity contribution is 0.0997. The molecule has 198 valence electrons. The van der Waals surface area contributed by atoms with Crippen LogP contribution in [0.25, 0.3) is 10.2 Å². The Hall–Kier alpha value is -3.21. The van der Waals surface area contributed by atoms with Crippen molar-refractivity contribution in [2.45, 2.75) is 11.4 Å². The van der Waals surface area contributed by atoms with Gasteiger partial charge in [0, 0.05) is 45.0 Å². The maximum atomic E-state index is 13.1. The van der Waals surface area contributed by atoms with Crippen molar-refractivity contribution in [3.8, 4) is 23.8 Å². The highest BCUT2D eigenvalue weighted by Crippen LogP contribution is 2.33. The SMILES string of the molecule is C#CCn1c(=NC(=O)c2ccc(S(=O)(=O)N(CCOC)CCOC)cc2)sc2cc(OC)c(OC)cc21. The number of amides is 1. The van der Waals surface area contributed by atoms with Gasteiger partial charge in [-0.3, -0.25) is 4.79 Å². The number of hydrogen-bond donors (Lipinski definition) is 0. The summed E-state index contributed by atoms with van der Waals surface area (Å²) < 4.78 is 50.9. The minimum atomic E-state index is -3.81. The Balaban J connectivity index is 1.96. The van der Waals surface area contributed by atoms with Gasteiger partial charge in [0.05, 0.1) is 49.1 Å². The molecule has 3 rings (SSSR count). The molecule has 0 radical (unpaired) electrons. The quantitative estimate of drug-likeness (QED) is 0.320. The van der Waals surface area contributed by atoms with Crippen LogP contribution in [0.15, 0.2) is 46.3 Å². The smallest absolute Gasteiger partial charge is 0.279 e. The van der Waals surface area contributed by atoms with E-state index in [1.165, 1.54) is 61.2 Å². The second kappa shape index (κ2) is 12.8. The summed E-state index contributed by atoms with van der Waals surface area (Å²) in [6.45, 7) is 1.02. The third-order valence-electron chi connectivity index (χ3n) is 5.46. The molecule has 2 aromatic carbocycles. The molecule has 0 saturated carbocycles. The highest BCUT2D eigenvalue weighted by Gasteiger charge is 2.24. The molecule has 0 spiro atoms. The average molecular weight is 548 g/mol. The average Bonchev–Trinajstić information content (AvgIpc) is 3.23. The van der Waals surface area contributed by atoms with Crippen LogP contribution in [0.2, 0.25) is 0 Å². The molecule has 3 aromatic rings. The van der Waals surface area contributed by atoms with Gasteiger partial charge in [0.15, 0.2) is 16.3 Å². The predicted octanol–water partition coefficient (Wildman–Crippen LogP) is 2.38. The number of carbonyl (C=O) groups is 1. The number of ether oxygens (including phenoxy) is 4. The van der Waals surface area contributed by atoms with Crippen LogP contribution in [-0.4, -0.2) is 77.9 Å². The van der Waals surface area contributed by atoms with Gasteiger partial charge in [0.2, 0.25) is 10.0 Å². The standard InChI is InChI=1S/C25H29N3O7S2/c1-6-11-28-20-16-21(34-4)22(35-5)17-23(20)36-25(28)26-24(29)18-7-9-19(10-8-18)37(30,31)27(12-14-32-2)13-15-33-3/h1,7-10,16-17H,11-15H2,2-5H3. The Morgan fingerprint density at radius 1 is 1.03 bits per heavy atom. The molecule has 0 bridgehead atoms. The van der Waals surface area contributed by atoms with Crippen molar-refractivity contribution in [1.82, 2.24) is 8.87 Å². The minimum absolute atomic E-state index is 0.0553. The predicted molar refractivity (Wildman–Crippen MR) is 141 cm³/mol. The van der Waals surface area contributed by atoms with Gasteiger partial charge in [0.1, 0.15) is 0 Å². The van der Waals surface area contributed by atoms with Crippen molar-refractivity contribution in [3.05, 3.63) is 46.8 Å². The molecule has 0 aliphatic rings. The first-order valence-electron chi connectivity index (χ1n) is 11.2. The molecule has 1 heterocycles. The van der Waals surface area contributed by atoms with Gasteiger partial charge in [-0.15, -0.1) is 6.42 Å². The number of nitrogens with zero attached hydrogens (tertiary/aromatic N) is 3. The zero-order chi connectivity index (χ0) is 27.0. The fourth-order valence-corrected chi connectivity index (χ4v) is 5.98. The summed E-state index contributed by atoms with van der Waals surface area (Å²) in [6, 6.07) is 9.24. The van der Waals surface area contributed by atoms with Crippen molar-refractivity contribution < 1.29 is 32.2 Å². The zero-order valence-electron chi connectivity index (χ0n) is 21.1. The van der Waals surface area contributed by atoms with Gasteiger partial charge in [-0.1, -0.05) is 17.3 Å². The van der Waals surface area contributed by atoms with Crippen molar-refractivity contribution in [3.63, 3.8) is 0 Å². The van der Waals surface area contributed by atoms with Gasteiger partial charge >= 0.3 is 0 Å². The van der Waals surface area contributed by atoms with E-state index in [0.717, 1.165) is 10.2 Å². The molecule has 1 amide bonds. The van der Waals surface area contributed by atoms with E-state index in [0.29, 0.717) is 16.3 Å². The van der Waals surface area contributed by atoms with E-state index in [1.54, 1.807) is 23.8 Å². The largest absolute Gasteiger partial charge is 0.493 e. The van der Waals surface area contributed by atoms with Gasteiger partial charge in [-0.05, 0) is 24.3 Å². The summed E-state index contributed by atoms with van der Waals surface area (Å²) in [7, 11) is 2.27. The van der Waals surface area contributed by atoms with Gasteiger partial charge in [0.25, 0.3) is 5.91 Å². The first-order chi connectivity index (χ1) is 17.8. The first-order valence-corrected chi connectivity index (χ1v) is 13.4. The topological polar surface area (TPSA) is 109 Å². The van der Waals surface area contributed by atoms with Gasteiger partial charge < -0.3 is 23.5 Å². The van der Waals surface area contributed by atoms with E-state index in [9.17, 15) is 13.2 Å². The van der Waals surface area contributed by atoms with Crippen LogP contribution in [0, 0.1) is 12.3 Å². The molecule has 0 aliphatic carbocycles. The first kappa shape index (κ1) is 28.4. The highest BCUT2D eigenvalue weighted by molar-refractivity contribution is 7.89. The second-order valence-corrected chi connectivity index (χ2v) is 10.6. The summed E-state index contributed by atoms with van der Waals surface area (Å²) >= 11 is 1.28. The Morgan fingerprint density at radius 3 is 2.16 bits per heavy atom. The molecule has 0 N–H and O–H groups in total. The number of fused-ring (bicyclic) bond motifs is 1. The third-order valence-corrected chi connectivity index (χ3v) is 8.42. The van der Waals surface area contributed by atoms with Gasteiger partial charge in [-0.25, -0.2) is 8.42 Å². The molecule has 0 fully saturated rings. The van der Waals surface area contributed by atoms with Crippen molar-refractivity contribution in [1.29, 1.82) is 0 Å². The number of sulfonamides is 1. The van der Waals surface area contributed by atoms with Crippen molar-refractivity contribution in [2.24, 2.45) is 4.99 Å². The van der Waals surface area contributed by atoms with E-state index in [2.05, 4.69) is 10.9 Å². The molecule has 12 heteroatoms. The summed E-state index contributed by atoms with van der Waals surface area (Å²) in [5, 5.41) is 0. The Morgan fingerprint density at radius 2 is 1.62 bits per heavy atom. The lowest BCUT2D eigenvalue weighted by atomic mass is 10.2.